The van der Waals surface area contributed by atoms with E-state index in [1.165, 1.54) is 0 Å². The van der Waals surface area contributed by atoms with Gasteiger partial charge in [-0.3, -0.25) is 9.69 Å². The van der Waals surface area contributed by atoms with Crippen molar-refractivity contribution in [3.05, 3.63) is 36.0 Å². The van der Waals surface area contributed by atoms with Gasteiger partial charge in [-0.25, -0.2) is 13.6 Å². The lowest BCUT2D eigenvalue weighted by molar-refractivity contribution is -0.142. The molecule has 1 saturated heterocycles. The Bertz CT molecular complexity index is 800. The SMILES string of the molecule is O=C(NC(Cc1c[nH]c2ccccc12)C(=O)O)C1CCN(CC(F)F)CC1. The van der Waals surface area contributed by atoms with Crippen molar-refractivity contribution < 1.29 is 23.5 Å². The normalized spacial score (nSPS) is 17.3. The first-order valence-electron chi connectivity index (χ1n) is 9.02. The smallest absolute Gasteiger partial charge is 0.326 e. The summed E-state index contributed by atoms with van der Waals surface area (Å²) >= 11 is 0. The number of hydrogen-bond acceptors (Lipinski definition) is 3. The number of hydrogen-bond donors (Lipinski definition) is 3. The number of aliphatic carboxylic acids is 1. The number of nitrogens with one attached hydrogen (secondary N) is 2. The number of benzene rings is 1. The number of aromatic nitrogens is 1. The number of rotatable bonds is 7. The average Bonchev–Trinajstić information content (AvgIpc) is 3.04. The maximum Gasteiger partial charge on any atom is 0.326 e. The third-order valence-electron chi connectivity index (χ3n) is 5.07. The number of H-pyrrole nitrogens is 1. The molecule has 2 heterocycles. The van der Waals surface area contributed by atoms with E-state index in [9.17, 15) is 23.5 Å². The third kappa shape index (κ3) is 4.82. The van der Waals surface area contributed by atoms with Gasteiger partial charge >= 0.3 is 5.97 Å². The molecule has 0 bridgehead atoms. The van der Waals surface area contributed by atoms with Crippen LogP contribution in [0.4, 0.5) is 8.78 Å². The number of amides is 1. The van der Waals surface area contributed by atoms with Gasteiger partial charge in [0.25, 0.3) is 6.43 Å². The number of carbonyl (C=O) groups excluding carboxylic acids is 1. The Morgan fingerprint density at radius 3 is 2.63 bits per heavy atom. The fraction of sp³-hybridized carbons (Fsp3) is 0.474. The summed E-state index contributed by atoms with van der Waals surface area (Å²) in [6.07, 6.45) is 0.462. The second-order valence-electron chi connectivity index (χ2n) is 6.93. The summed E-state index contributed by atoms with van der Waals surface area (Å²) in [7, 11) is 0. The Balaban J connectivity index is 1.60. The van der Waals surface area contributed by atoms with Crippen molar-refractivity contribution in [2.45, 2.75) is 31.7 Å². The van der Waals surface area contributed by atoms with E-state index >= 15 is 0 Å². The van der Waals surface area contributed by atoms with Crippen LogP contribution >= 0.6 is 0 Å². The number of aromatic amines is 1. The van der Waals surface area contributed by atoms with E-state index in [0.717, 1.165) is 16.5 Å². The standard InChI is InChI=1S/C19H23F2N3O3/c20-17(21)11-24-7-5-12(6-8-24)18(25)23-16(19(26)27)9-13-10-22-15-4-2-1-3-14(13)15/h1-4,10,12,16-17,22H,5-9,11H2,(H,23,25)(H,26,27). The highest BCUT2D eigenvalue weighted by atomic mass is 19.3. The molecule has 1 amide bonds. The predicted octanol–water partition coefficient (Wildman–Crippen LogP) is 2.26. The van der Waals surface area contributed by atoms with Crippen molar-refractivity contribution >= 4 is 22.8 Å². The predicted molar refractivity (Wildman–Crippen MR) is 96.7 cm³/mol. The molecule has 1 aromatic heterocycles. The zero-order valence-corrected chi connectivity index (χ0v) is 14.8. The molecule has 1 fully saturated rings. The molecule has 3 N–H and O–H groups in total. The van der Waals surface area contributed by atoms with Gasteiger partial charge in [0.1, 0.15) is 6.04 Å². The van der Waals surface area contributed by atoms with Gasteiger partial charge in [0, 0.05) is 29.4 Å². The minimum atomic E-state index is -2.39. The van der Waals surface area contributed by atoms with Crippen LogP contribution in [0.3, 0.4) is 0 Å². The molecule has 8 heteroatoms. The summed E-state index contributed by atoms with van der Waals surface area (Å²) in [4.78, 5) is 28.9. The van der Waals surface area contributed by atoms with Crippen LogP contribution in [0.1, 0.15) is 18.4 Å². The highest BCUT2D eigenvalue weighted by Crippen LogP contribution is 2.21. The summed E-state index contributed by atoms with van der Waals surface area (Å²) in [6.45, 7) is 0.553. The molecule has 27 heavy (non-hydrogen) atoms. The molecule has 1 aliphatic rings. The first-order valence-corrected chi connectivity index (χ1v) is 9.02. The Labute approximate surface area is 155 Å². The monoisotopic (exact) mass is 379 g/mol. The number of alkyl halides is 2. The highest BCUT2D eigenvalue weighted by Gasteiger charge is 2.29. The fourth-order valence-electron chi connectivity index (χ4n) is 3.58. The number of carboxylic acids is 1. The van der Waals surface area contributed by atoms with E-state index in [2.05, 4.69) is 10.3 Å². The average molecular weight is 379 g/mol. The Morgan fingerprint density at radius 2 is 1.96 bits per heavy atom. The maximum absolute atomic E-state index is 12.5. The summed E-state index contributed by atoms with van der Waals surface area (Å²) in [5.74, 6) is -1.76. The number of fused-ring (bicyclic) bond motifs is 1. The minimum Gasteiger partial charge on any atom is -0.480 e. The molecule has 0 saturated carbocycles. The van der Waals surface area contributed by atoms with Crippen LogP contribution in [0.5, 0.6) is 0 Å². The van der Waals surface area contributed by atoms with Crippen molar-refractivity contribution in [2.75, 3.05) is 19.6 Å². The second-order valence-corrected chi connectivity index (χ2v) is 6.93. The number of carbonyl (C=O) groups is 2. The van der Waals surface area contributed by atoms with Crippen molar-refractivity contribution in [3.8, 4) is 0 Å². The summed E-state index contributed by atoms with van der Waals surface area (Å²) in [5.41, 5.74) is 1.74. The summed E-state index contributed by atoms with van der Waals surface area (Å²) in [5, 5.41) is 13.1. The Hall–Kier alpha value is -2.48. The molecule has 0 radical (unpaired) electrons. The molecule has 0 aliphatic carbocycles. The van der Waals surface area contributed by atoms with Crippen LogP contribution in [-0.4, -0.2) is 59.0 Å². The fourth-order valence-corrected chi connectivity index (χ4v) is 3.58. The van der Waals surface area contributed by atoms with Crippen molar-refractivity contribution in [2.24, 2.45) is 5.92 Å². The topological polar surface area (TPSA) is 85.4 Å². The number of halogens is 2. The van der Waals surface area contributed by atoms with Gasteiger partial charge in [0.05, 0.1) is 6.54 Å². The molecule has 3 rings (SSSR count). The number of piperidine rings is 1. The van der Waals surface area contributed by atoms with Gasteiger partial charge in [-0.15, -0.1) is 0 Å². The molecular formula is C19H23F2N3O3. The van der Waals surface area contributed by atoms with Crippen LogP contribution in [0.25, 0.3) is 10.9 Å². The van der Waals surface area contributed by atoms with E-state index in [4.69, 9.17) is 0 Å². The van der Waals surface area contributed by atoms with E-state index in [1.807, 2.05) is 24.3 Å². The summed E-state index contributed by atoms with van der Waals surface area (Å²) in [6, 6.07) is 6.54. The van der Waals surface area contributed by atoms with Gasteiger partial charge in [0.15, 0.2) is 0 Å². The first kappa shape index (κ1) is 19.3. The number of para-hydroxylation sites is 1. The zero-order valence-electron chi connectivity index (χ0n) is 14.8. The molecule has 6 nitrogen and oxygen atoms in total. The maximum atomic E-state index is 12.5. The van der Waals surface area contributed by atoms with Gasteiger partial charge in [-0.05, 0) is 37.6 Å². The number of likely N-dealkylation sites (tertiary alicyclic amines) is 1. The summed E-state index contributed by atoms with van der Waals surface area (Å²) < 4.78 is 24.9. The van der Waals surface area contributed by atoms with Crippen molar-refractivity contribution in [1.82, 2.24) is 15.2 Å². The molecule has 1 unspecified atom stereocenters. The lowest BCUT2D eigenvalue weighted by Gasteiger charge is -2.31. The van der Waals surface area contributed by atoms with Gasteiger partial charge in [0.2, 0.25) is 5.91 Å². The Kier molecular flexibility index (Phi) is 6.05. The van der Waals surface area contributed by atoms with Crippen LogP contribution in [0.15, 0.2) is 30.5 Å². The second kappa shape index (κ2) is 8.47. The van der Waals surface area contributed by atoms with Gasteiger partial charge < -0.3 is 15.4 Å². The van der Waals surface area contributed by atoms with Gasteiger partial charge in [-0.1, -0.05) is 18.2 Å². The van der Waals surface area contributed by atoms with Crippen LogP contribution in [-0.2, 0) is 16.0 Å². The number of nitrogens with zero attached hydrogens (tertiary/aromatic N) is 1. The van der Waals surface area contributed by atoms with E-state index < -0.39 is 18.4 Å². The van der Waals surface area contributed by atoms with Crippen LogP contribution in [0, 0.1) is 5.92 Å². The van der Waals surface area contributed by atoms with Crippen LogP contribution < -0.4 is 5.32 Å². The molecule has 146 valence electrons. The lowest BCUT2D eigenvalue weighted by Crippen LogP contribution is -2.47. The quantitative estimate of drug-likeness (QED) is 0.689. The van der Waals surface area contributed by atoms with Gasteiger partial charge in [-0.2, -0.15) is 0 Å². The van der Waals surface area contributed by atoms with Crippen molar-refractivity contribution in [1.29, 1.82) is 0 Å². The third-order valence-corrected chi connectivity index (χ3v) is 5.07. The lowest BCUT2D eigenvalue weighted by atomic mass is 9.95. The van der Waals surface area contributed by atoms with E-state index in [-0.39, 0.29) is 24.8 Å². The zero-order chi connectivity index (χ0) is 19.4. The largest absolute Gasteiger partial charge is 0.480 e. The Morgan fingerprint density at radius 1 is 1.26 bits per heavy atom. The molecule has 1 atom stereocenters. The molecule has 2 aromatic rings. The minimum absolute atomic E-state index is 0.176. The number of carboxylic acid groups (broad SMARTS) is 1. The molecule has 1 aliphatic heterocycles. The first-order chi connectivity index (χ1) is 12.9. The molecule has 1 aromatic carbocycles. The highest BCUT2D eigenvalue weighted by molar-refractivity contribution is 5.87. The van der Waals surface area contributed by atoms with E-state index in [1.54, 1.807) is 11.1 Å². The molecular weight excluding hydrogens is 356 g/mol. The van der Waals surface area contributed by atoms with Crippen molar-refractivity contribution in [3.63, 3.8) is 0 Å². The molecule has 0 spiro atoms. The van der Waals surface area contributed by atoms with Crippen LogP contribution in [0.2, 0.25) is 0 Å². The van der Waals surface area contributed by atoms with E-state index in [0.29, 0.717) is 25.9 Å².